The minimum Gasteiger partial charge on any atom is -0.507 e. The van der Waals surface area contributed by atoms with Crippen LogP contribution in [0.4, 0.5) is 0 Å². The Morgan fingerprint density at radius 3 is 2.68 bits per heavy atom. The maximum atomic E-state index is 12.3. The van der Waals surface area contributed by atoms with Gasteiger partial charge in [-0.05, 0) is 19.1 Å². The van der Waals surface area contributed by atoms with Gasteiger partial charge >= 0.3 is 5.97 Å². The summed E-state index contributed by atoms with van der Waals surface area (Å²) in [5.74, 6) is -1.93. The van der Waals surface area contributed by atoms with Crippen LogP contribution in [0.2, 0.25) is 0 Å². The summed E-state index contributed by atoms with van der Waals surface area (Å²) in [6, 6.07) is 3.49. The molecule has 3 N–H and O–H groups in total. The predicted molar refractivity (Wildman–Crippen MR) is 65.9 cm³/mol. The van der Waals surface area contributed by atoms with Crippen LogP contribution in [0.15, 0.2) is 18.2 Å². The first-order chi connectivity index (χ1) is 8.90. The van der Waals surface area contributed by atoms with E-state index in [2.05, 4.69) is 0 Å². The third kappa shape index (κ3) is 2.53. The highest BCUT2D eigenvalue weighted by molar-refractivity contribution is 5.99. The molecule has 102 valence electrons. The molecule has 0 bridgehead atoms. The highest BCUT2D eigenvalue weighted by Crippen LogP contribution is 2.25. The van der Waals surface area contributed by atoms with Crippen molar-refractivity contribution in [1.82, 2.24) is 4.90 Å². The first-order valence-electron chi connectivity index (χ1n) is 5.91. The van der Waals surface area contributed by atoms with Crippen molar-refractivity contribution in [2.45, 2.75) is 25.5 Å². The molecule has 6 nitrogen and oxygen atoms in total. The number of aromatic hydroxyl groups is 1. The van der Waals surface area contributed by atoms with Gasteiger partial charge in [-0.1, -0.05) is 11.6 Å². The van der Waals surface area contributed by atoms with Crippen LogP contribution >= 0.6 is 0 Å². The van der Waals surface area contributed by atoms with Crippen LogP contribution < -0.4 is 0 Å². The number of amides is 1. The molecule has 1 aromatic carbocycles. The SMILES string of the molecule is Cc1ccc(O)c(C(=O)N2CC(O)CC2C(=O)O)c1. The largest absolute Gasteiger partial charge is 0.507 e. The number of carbonyl (C=O) groups excluding carboxylic acids is 1. The van der Waals surface area contributed by atoms with E-state index in [9.17, 15) is 19.8 Å². The second-order valence-electron chi connectivity index (χ2n) is 4.72. The Bertz CT molecular complexity index is 528. The van der Waals surface area contributed by atoms with Crippen molar-refractivity contribution in [1.29, 1.82) is 0 Å². The zero-order chi connectivity index (χ0) is 14.2. The van der Waals surface area contributed by atoms with Gasteiger partial charge in [0.2, 0.25) is 0 Å². The summed E-state index contributed by atoms with van der Waals surface area (Å²) < 4.78 is 0. The zero-order valence-electron chi connectivity index (χ0n) is 10.4. The van der Waals surface area contributed by atoms with Crippen molar-refractivity contribution in [3.63, 3.8) is 0 Å². The monoisotopic (exact) mass is 265 g/mol. The Kier molecular flexibility index (Phi) is 3.44. The second-order valence-corrected chi connectivity index (χ2v) is 4.72. The van der Waals surface area contributed by atoms with Gasteiger partial charge in [0.15, 0.2) is 0 Å². The Morgan fingerprint density at radius 2 is 2.05 bits per heavy atom. The molecule has 0 aliphatic carbocycles. The molecule has 1 aliphatic heterocycles. The van der Waals surface area contributed by atoms with Crippen LogP contribution in [0.1, 0.15) is 22.3 Å². The number of aliphatic hydroxyl groups is 1. The highest BCUT2D eigenvalue weighted by Gasteiger charge is 2.39. The lowest BCUT2D eigenvalue weighted by Gasteiger charge is -2.21. The van der Waals surface area contributed by atoms with E-state index < -0.39 is 24.0 Å². The summed E-state index contributed by atoms with van der Waals surface area (Å²) >= 11 is 0. The van der Waals surface area contributed by atoms with Crippen LogP contribution in [0.5, 0.6) is 5.75 Å². The van der Waals surface area contributed by atoms with E-state index in [4.69, 9.17) is 5.11 Å². The van der Waals surface area contributed by atoms with Crippen LogP contribution in [0.25, 0.3) is 0 Å². The van der Waals surface area contributed by atoms with Crippen LogP contribution in [0.3, 0.4) is 0 Å². The topological polar surface area (TPSA) is 98.1 Å². The molecule has 1 heterocycles. The molecule has 0 saturated carbocycles. The lowest BCUT2D eigenvalue weighted by molar-refractivity contribution is -0.141. The summed E-state index contributed by atoms with van der Waals surface area (Å²) in [7, 11) is 0. The Morgan fingerprint density at radius 1 is 1.37 bits per heavy atom. The fraction of sp³-hybridized carbons (Fsp3) is 0.385. The lowest BCUT2D eigenvalue weighted by atomic mass is 10.1. The first kappa shape index (κ1) is 13.4. The number of phenolic OH excluding ortho intramolecular Hbond substituents is 1. The molecule has 2 rings (SSSR count). The fourth-order valence-electron chi connectivity index (χ4n) is 2.25. The molecular weight excluding hydrogens is 250 g/mol. The number of hydrogen-bond acceptors (Lipinski definition) is 4. The average molecular weight is 265 g/mol. The van der Waals surface area contributed by atoms with Gasteiger partial charge in [0, 0.05) is 13.0 Å². The van der Waals surface area contributed by atoms with E-state index in [0.717, 1.165) is 10.5 Å². The first-order valence-corrected chi connectivity index (χ1v) is 5.91. The van der Waals surface area contributed by atoms with Gasteiger partial charge in [-0.2, -0.15) is 0 Å². The van der Waals surface area contributed by atoms with Crippen molar-refractivity contribution in [2.24, 2.45) is 0 Å². The number of aryl methyl sites for hydroxylation is 1. The maximum Gasteiger partial charge on any atom is 0.326 e. The number of carboxylic acids is 1. The smallest absolute Gasteiger partial charge is 0.326 e. The number of nitrogens with zero attached hydrogens (tertiary/aromatic N) is 1. The molecule has 0 spiro atoms. The number of benzene rings is 1. The Balaban J connectivity index is 2.33. The molecule has 1 amide bonds. The van der Waals surface area contributed by atoms with Gasteiger partial charge in [0.05, 0.1) is 11.7 Å². The Labute approximate surface area is 109 Å². The van der Waals surface area contributed by atoms with E-state index in [1.54, 1.807) is 13.0 Å². The van der Waals surface area contributed by atoms with Crippen molar-refractivity contribution >= 4 is 11.9 Å². The fourth-order valence-corrected chi connectivity index (χ4v) is 2.25. The highest BCUT2D eigenvalue weighted by atomic mass is 16.4. The van der Waals surface area contributed by atoms with Gasteiger partial charge < -0.3 is 20.2 Å². The molecule has 1 aliphatic rings. The van der Waals surface area contributed by atoms with E-state index in [-0.39, 0.29) is 24.3 Å². The number of carbonyl (C=O) groups is 2. The molecule has 6 heteroatoms. The minimum absolute atomic E-state index is 0.00759. The summed E-state index contributed by atoms with van der Waals surface area (Å²) in [5, 5.41) is 28.3. The molecule has 0 aromatic heterocycles. The molecule has 0 radical (unpaired) electrons. The average Bonchev–Trinajstić information content (AvgIpc) is 2.74. The van der Waals surface area contributed by atoms with Crippen LogP contribution in [-0.2, 0) is 4.79 Å². The normalized spacial score (nSPS) is 22.5. The van der Waals surface area contributed by atoms with Gasteiger partial charge in [-0.3, -0.25) is 4.79 Å². The lowest BCUT2D eigenvalue weighted by Crippen LogP contribution is -2.40. The van der Waals surface area contributed by atoms with Crippen molar-refractivity contribution < 1.29 is 24.9 Å². The number of likely N-dealkylation sites (tertiary alicyclic amines) is 1. The molecule has 1 fully saturated rings. The number of rotatable bonds is 2. The maximum absolute atomic E-state index is 12.3. The predicted octanol–water partition coefficient (Wildman–Crippen LogP) is 0.361. The van der Waals surface area contributed by atoms with Crippen LogP contribution in [0, 0.1) is 6.92 Å². The van der Waals surface area contributed by atoms with Gasteiger partial charge in [0.25, 0.3) is 5.91 Å². The third-order valence-corrected chi connectivity index (χ3v) is 3.21. The molecule has 1 saturated heterocycles. The summed E-state index contributed by atoms with van der Waals surface area (Å²) in [6.07, 6.45) is -0.842. The second kappa shape index (κ2) is 4.89. The number of hydrogen-bond donors (Lipinski definition) is 3. The number of aliphatic carboxylic acids is 1. The standard InChI is InChI=1S/C13H15NO5/c1-7-2-3-11(16)9(4-7)12(17)14-6-8(15)5-10(14)13(18)19/h2-4,8,10,15-16H,5-6H2,1H3,(H,18,19). The number of phenols is 1. The van der Waals surface area contributed by atoms with Crippen molar-refractivity contribution in [3.05, 3.63) is 29.3 Å². The minimum atomic E-state index is -1.16. The Hall–Kier alpha value is -2.08. The molecule has 19 heavy (non-hydrogen) atoms. The number of carboxylic acid groups (broad SMARTS) is 1. The van der Waals surface area contributed by atoms with E-state index in [0.29, 0.717) is 0 Å². The zero-order valence-corrected chi connectivity index (χ0v) is 10.4. The van der Waals surface area contributed by atoms with Gasteiger partial charge in [-0.15, -0.1) is 0 Å². The summed E-state index contributed by atoms with van der Waals surface area (Å²) in [6.45, 7) is 1.73. The van der Waals surface area contributed by atoms with E-state index in [1.807, 2.05) is 0 Å². The molecule has 1 aromatic rings. The van der Waals surface area contributed by atoms with Crippen molar-refractivity contribution in [3.8, 4) is 5.75 Å². The number of β-amino-alcohol motifs (C(OH)–C–C–N with tert-alkyl or cyclic N) is 1. The number of aliphatic hydroxyl groups excluding tert-OH is 1. The van der Waals surface area contributed by atoms with Gasteiger partial charge in [-0.25, -0.2) is 4.79 Å². The van der Waals surface area contributed by atoms with E-state index >= 15 is 0 Å². The molecular formula is C13H15NO5. The van der Waals surface area contributed by atoms with Crippen molar-refractivity contribution in [2.75, 3.05) is 6.54 Å². The van der Waals surface area contributed by atoms with Gasteiger partial charge in [0.1, 0.15) is 11.8 Å². The van der Waals surface area contributed by atoms with Crippen LogP contribution in [-0.4, -0.2) is 50.8 Å². The van der Waals surface area contributed by atoms with E-state index in [1.165, 1.54) is 12.1 Å². The quantitative estimate of drug-likeness (QED) is 0.717. The summed E-state index contributed by atoms with van der Waals surface area (Å²) in [5.41, 5.74) is 0.841. The third-order valence-electron chi connectivity index (χ3n) is 3.21. The molecule has 2 unspecified atom stereocenters. The summed E-state index contributed by atoms with van der Waals surface area (Å²) in [4.78, 5) is 24.4. The molecule has 2 atom stereocenters.